The third-order valence-corrected chi connectivity index (χ3v) is 5.10. The van der Waals surface area contributed by atoms with Crippen LogP contribution in [0, 0.1) is 9.39 Å². The molecule has 106 valence electrons. The highest BCUT2D eigenvalue weighted by Crippen LogP contribution is 2.34. The van der Waals surface area contributed by atoms with E-state index in [1.807, 2.05) is 46.9 Å². The first-order chi connectivity index (χ1) is 10.1. The molecule has 1 aromatic heterocycles. The van der Waals surface area contributed by atoms with Crippen molar-refractivity contribution in [3.05, 3.63) is 56.7 Å². The molecule has 0 fully saturated rings. The van der Waals surface area contributed by atoms with E-state index in [1.54, 1.807) is 6.07 Å². The Morgan fingerprint density at radius 2 is 2.00 bits per heavy atom. The molecule has 1 heterocycles. The summed E-state index contributed by atoms with van der Waals surface area (Å²) in [7, 11) is 0. The Hall–Kier alpha value is -1.67. The highest BCUT2D eigenvalue weighted by molar-refractivity contribution is 14.1. The SMILES string of the molecule is Nc1c(C(=O)Nc2ccc(F)cc2I)sc2ccccc12. The molecule has 0 aliphatic heterocycles. The third-order valence-electron chi connectivity index (χ3n) is 3.02. The van der Waals surface area contributed by atoms with E-state index in [1.165, 1.54) is 23.5 Å². The number of hydrogen-bond acceptors (Lipinski definition) is 3. The fraction of sp³-hybridized carbons (Fsp3) is 0. The fourth-order valence-corrected chi connectivity index (χ4v) is 3.63. The maximum atomic E-state index is 13.1. The Morgan fingerprint density at radius 3 is 2.71 bits per heavy atom. The molecule has 2 aromatic carbocycles. The van der Waals surface area contributed by atoms with Gasteiger partial charge in [-0.1, -0.05) is 18.2 Å². The summed E-state index contributed by atoms with van der Waals surface area (Å²) in [5.41, 5.74) is 7.09. The number of hydrogen-bond donors (Lipinski definition) is 2. The molecule has 3 N–H and O–H groups in total. The molecule has 6 heteroatoms. The highest BCUT2D eigenvalue weighted by atomic mass is 127. The molecule has 3 aromatic rings. The summed E-state index contributed by atoms with van der Waals surface area (Å²) in [6.45, 7) is 0. The second kappa shape index (κ2) is 5.61. The predicted octanol–water partition coefficient (Wildman–Crippen LogP) is 4.48. The van der Waals surface area contributed by atoms with Gasteiger partial charge in [0.05, 0.1) is 11.4 Å². The van der Waals surface area contributed by atoms with E-state index in [-0.39, 0.29) is 11.7 Å². The molecule has 0 spiro atoms. The van der Waals surface area contributed by atoms with Crippen LogP contribution in [0.25, 0.3) is 10.1 Å². The summed E-state index contributed by atoms with van der Waals surface area (Å²) < 4.78 is 14.7. The topological polar surface area (TPSA) is 55.1 Å². The van der Waals surface area contributed by atoms with Gasteiger partial charge in [0.1, 0.15) is 10.7 Å². The Kier molecular flexibility index (Phi) is 3.81. The number of amides is 1. The Morgan fingerprint density at radius 1 is 1.24 bits per heavy atom. The van der Waals surface area contributed by atoms with Crippen molar-refractivity contribution in [1.82, 2.24) is 0 Å². The summed E-state index contributed by atoms with van der Waals surface area (Å²) in [5.74, 6) is -0.614. The number of thiophene rings is 1. The van der Waals surface area contributed by atoms with E-state index in [2.05, 4.69) is 5.32 Å². The fourth-order valence-electron chi connectivity index (χ4n) is 2.00. The van der Waals surface area contributed by atoms with Crippen LogP contribution in [-0.4, -0.2) is 5.91 Å². The first-order valence-electron chi connectivity index (χ1n) is 6.09. The van der Waals surface area contributed by atoms with Crippen LogP contribution in [0.2, 0.25) is 0 Å². The van der Waals surface area contributed by atoms with E-state index < -0.39 is 0 Å². The van der Waals surface area contributed by atoms with Gasteiger partial charge in [0, 0.05) is 13.7 Å². The summed E-state index contributed by atoms with van der Waals surface area (Å²) >= 11 is 3.33. The lowest BCUT2D eigenvalue weighted by atomic mass is 10.2. The summed E-state index contributed by atoms with van der Waals surface area (Å²) in [6, 6.07) is 11.8. The molecule has 0 radical (unpaired) electrons. The molecule has 0 atom stereocenters. The van der Waals surface area contributed by atoms with E-state index in [0.717, 1.165) is 10.1 Å². The molecule has 0 saturated carbocycles. The average Bonchev–Trinajstić information content (AvgIpc) is 2.80. The quantitative estimate of drug-likeness (QED) is 0.610. The molecule has 0 bridgehead atoms. The van der Waals surface area contributed by atoms with E-state index in [9.17, 15) is 9.18 Å². The predicted molar refractivity (Wildman–Crippen MR) is 93.3 cm³/mol. The van der Waals surface area contributed by atoms with Gasteiger partial charge in [-0.15, -0.1) is 11.3 Å². The number of carbonyl (C=O) groups excluding carboxylic acids is 1. The van der Waals surface area contributed by atoms with Gasteiger partial charge in [0.25, 0.3) is 5.91 Å². The molecule has 1 amide bonds. The van der Waals surface area contributed by atoms with Crippen molar-refractivity contribution in [2.24, 2.45) is 0 Å². The zero-order valence-electron chi connectivity index (χ0n) is 10.7. The van der Waals surface area contributed by atoms with Crippen LogP contribution in [-0.2, 0) is 0 Å². The van der Waals surface area contributed by atoms with Crippen molar-refractivity contribution in [2.45, 2.75) is 0 Å². The van der Waals surface area contributed by atoms with E-state index in [4.69, 9.17) is 5.73 Å². The largest absolute Gasteiger partial charge is 0.397 e. The Bertz CT molecular complexity index is 847. The van der Waals surface area contributed by atoms with Crippen LogP contribution in [0.4, 0.5) is 15.8 Å². The number of nitrogens with one attached hydrogen (secondary N) is 1. The van der Waals surface area contributed by atoms with Crippen molar-refractivity contribution in [3.8, 4) is 0 Å². The van der Waals surface area contributed by atoms with Crippen molar-refractivity contribution in [2.75, 3.05) is 11.1 Å². The molecular weight excluding hydrogens is 402 g/mol. The molecular formula is C15H10FIN2OS. The van der Waals surface area contributed by atoms with Crippen LogP contribution in [0.1, 0.15) is 9.67 Å². The molecule has 3 nitrogen and oxygen atoms in total. The monoisotopic (exact) mass is 412 g/mol. The molecule has 0 unspecified atom stereocenters. The molecule has 0 aliphatic rings. The smallest absolute Gasteiger partial charge is 0.267 e. The van der Waals surface area contributed by atoms with Crippen molar-refractivity contribution in [1.29, 1.82) is 0 Å². The number of halogens is 2. The zero-order chi connectivity index (χ0) is 15.0. The lowest BCUT2D eigenvalue weighted by molar-refractivity contribution is 0.103. The second-order valence-electron chi connectivity index (χ2n) is 4.42. The first-order valence-corrected chi connectivity index (χ1v) is 7.99. The Balaban J connectivity index is 1.95. The molecule has 0 aliphatic carbocycles. The molecule has 21 heavy (non-hydrogen) atoms. The van der Waals surface area contributed by atoms with Crippen LogP contribution < -0.4 is 11.1 Å². The number of anilines is 2. The van der Waals surface area contributed by atoms with Gasteiger partial charge in [-0.2, -0.15) is 0 Å². The van der Waals surface area contributed by atoms with Gasteiger partial charge >= 0.3 is 0 Å². The Labute approximate surface area is 138 Å². The number of nitrogens with two attached hydrogens (primary N) is 1. The van der Waals surface area contributed by atoms with Crippen molar-refractivity contribution < 1.29 is 9.18 Å². The van der Waals surface area contributed by atoms with Crippen molar-refractivity contribution in [3.63, 3.8) is 0 Å². The van der Waals surface area contributed by atoms with Gasteiger partial charge in [-0.3, -0.25) is 4.79 Å². The number of rotatable bonds is 2. The number of nitrogen functional groups attached to an aromatic ring is 1. The summed E-state index contributed by atoms with van der Waals surface area (Å²) in [6.07, 6.45) is 0. The second-order valence-corrected chi connectivity index (χ2v) is 6.63. The normalized spacial score (nSPS) is 10.8. The highest BCUT2D eigenvalue weighted by Gasteiger charge is 2.17. The standard InChI is InChI=1S/C15H10FIN2OS/c16-8-5-6-11(10(17)7-8)19-15(20)14-13(18)9-3-1-2-4-12(9)21-14/h1-7H,18H2,(H,19,20). The molecule has 0 saturated heterocycles. The van der Waals surface area contributed by atoms with Gasteiger partial charge in [-0.05, 0) is 46.9 Å². The van der Waals surface area contributed by atoms with Crippen LogP contribution in [0.15, 0.2) is 42.5 Å². The lowest BCUT2D eigenvalue weighted by Gasteiger charge is -2.06. The van der Waals surface area contributed by atoms with Gasteiger partial charge in [-0.25, -0.2) is 4.39 Å². The molecule has 3 rings (SSSR count). The maximum Gasteiger partial charge on any atom is 0.267 e. The van der Waals surface area contributed by atoms with E-state index >= 15 is 0 Å². The maximum absolute atomic E-state index is 13.1. The minimum Gasteiger partial charge on any atom is -0.397 e. The minimum atomic E-state index is -0.334. The lowest BCUT2D eigenvalue weighted by Crippen LogP contribution is -2.12. The van der Waals surface area contributed by atoms with Crippen LogP contribution in [0.5, 0.6) is 0 Å². The number of fused-ring (bicyclic) bond motifs is 1. The number of benzene rings is 2. The van der Waals surface area contributed by atoms with Gasteiger partial charge < -0.3 is 11.1 Å². The first kappa shape index (κ1) is 14.3. The van der Waals surface area contributed by atoms with E-state index in [0.29, 0.717) is 19.8 Å². The van der Waals surface area contributed by atoms with Crippen LogP contribution in [0.3, 0.4) is 0 Å². The van der Waals surface area contributed by atoms with Gasteiger partial charge in [0.15, 0.2) is 0 Å². The van der Waals surface area contributed by atoms with Crippen molar-refractivity contribution >= 4 is 61.3 Å². The zero-order valence-corrected chi connectivity index (χ0v) is 13.7. The third kappa shape index (κ3) is 2.73. The summed E-state index contributed by atoms with van der Waals surface area (Å²) in [4.78, 5) is 12.8. The van der Waals surface area contributed by atoms with Crippen LogP contribution >= 0.6 is 33.9 Å². The average molecular weight is 412 g/mol. The van der Waals surface area contributed by atoms with Gasteiger partial charge in [0.2, 0.25) is 0 Å². The minimum absolute atomic E-state index is 0.279. The summed E-state index contributed by atoms with van der Waals surface area (Å²) in [5, 5.41) is 3.65. The number of carbonyl (C=O) groups is 1.